The predicted octanol–water partition coefficient (Wildman–Crippen LogP) is 1.10. The van der Waals surface area contributed by atoms with Crippen molar-refractivity contribution in [2.24, 2.45) is 0 Å². The highest BCUT2D eigenvalue weighted by Gasteiger charge is 2.42. The van der Waals surface area contributed by atoms with Crippen LogP contribution in [0.3, 0.4) is 0 Å². The predicted molar refractivity (Wildman–Crippen MR) is 73.2 cm³/mol. The Labute approximate surface area is 124 Å². The van der Waals surface area contributed by atoms with Gasteiger partial charge in [-0.3, -0.25) is 14.4 Å². The van der Waals surface area contributed by atoms with E-state index in [1.807, 2.05) is 13.8 Å². The molecule has 0 radical (unpaired) electrons. The van der Waals surface area contributed by atoms with Gasteiger partial charge in [0.2, 0.25) is 0 Å². The molecule has 0 amide bonds. The zero-order valence-corrected chi connectivity index (χ0v) is 12.8. The zero-order valence-electron chi connectivity index (χ0n) is 12.8. The van der Waals surface area contributed by atoms with Crippen molar-refractivity contribution in [1.29, 1.82) is 0 Å². The van der Waals surface area contributed by atoms with Gasteiger partial charge in [0.25, 0.3) is 0 Å². The summed E-state index contributed by atoms with van der Waals surface area (Å²) in [5, 5.41) is 0. The van der Waals surface area contributed by atoms with Crippen molar-refractivity contribution in [3.05, 3.63) is 0 Å². The molecule has 7 nitrogen and oxygen atoms in total. The minimum absolute atomic E-state index is 0.0282. The fraction of sp³-hybridized carbons (Fsp3) is 0.769. The molecule has 21 heavy (non-hydrogen) atoms. The van der Waals surface area contributed by atoms with E-state index in [4.69, 9.17) is 18.8 Å². The molecule has 1 aliphatic rings. The van der Waals surface area contributed by atoms with E-state index in [9.17, 15) is 14.4 Å². The van der Waals surface area contributed by atoms with Gasteiger partial charge in [0.1, 0.15) is 6.61 Å². The number of esters is 2. The molecule has 0 bridgehead atoms. The highest BCUT2D eigenvalue weighted by Crippen LogP contribution is 2.20. The minimum Gasteiger partial charge on any atom is -0.507 e. The van der Waals surface area contributed by atoms with Crippen molar-refractivity contribution in [3.63, 3.8) is 0 Å². The quantitative estimate of drug-likeness (QED) is 0.514. The molecule has 1 rings (SSSR count). The molecular formula is C13H21BO7. The molecular weight excluding hydrogens is 279 g/mol. The summed E-state index contributed by atoms with van der Waals surface area (Å²) in [6, 6.07) is 0. The fourth-order valence-electron chi connectivity index (χ4n) is 1.60. The van der Waals surface area contributed by atoms with Gasteiger partial charge in [-0.05, 0) is 13.8 Å². The molecule has 0 aromatic heterocycles. The summed E-state index contributed by atoms with van der Waals surface area (Å²) in [5.41, 5.74) is 0. The molecule has 0 aromatic rings. The number of rotatable bonds is 7. The molecule has 118 valence electrons. The van der Waals surface area contributed by atoms with Crippen LogP contribution in [0.1, 0.15) is 40.5 Å². The Hall–Kier alpha value is -1.57. The molecule has 0 aliphatic carbocycles. The van der Waals surface area contributed by atoms with Gasteiger partial charge in [0.15, 0.2) is 6.10 Å². The zero-order chi connectivity index (χ0) is 16.0. The summed E-state index contributed by atoms with van der Waals surface area (Å²) in [6.45, 7) is 6.95. The van der Waals surface area contributed by atoms with Crippen LogP contribution in [-0.2, 0) is 33.2 Å². The van der Waals surface area contributed by atoms with Crippen molar-refractivity contribution in [2.45, 2.75) is 58.6 Å². The maximum Gasteiger partial charge on any atom is 0.530 e. The number of carbonyl (C=O) groups excluding carboxylic acids is 3. The first-order chi connectivity index (χ1) is 9.79. The van der Waals surface area contributed by atoms with E-state index in [1.54, 1.807) is 13.8 Å². The lowest BCUT2D eigenvalue weighted by Gasteiger charge is -2.10. The molecule has 1 atom stereocenters. The Morgan fingerprint density at radius 2 is 1.81 bits per heavy atom. The highest BCUT2D eigenvalue weighted by molar-refractivity contribution is 6.50. The van der Waals surface area contributed by atoms with Crippen LogP contribution in [0.2, 0.25) is 5.82 Å². The van der Waals surface area contributed by atoms with E-state index >= 15 is 0 Å². The van der Waals surface area contributed by atoms with Gasteiger partial charge in [0.05, 0.1) is 18.9 Å². The van der Waals surface area contributed by atoms with E-state index in [0.717, 1.165) is 0 Å². The van der Waals surface area contributed by atoms with Gasteiger partial charge >= 0.3 is 25.0 Å². The molecule has 0 spiro atoms. The molecule has 0 N–H and O–H groups in total. The lowest BCUT2D eigenvalue weighted by atomic mass is 9.75. The first-order valence-corrected chi connectivity index (χ1v) is 7.00. The van der Waals surface area contributed by atoms with Gasteiger partial charge in [0, 0.05) is 5.82 Å². The van der Waals surface area contributed by atoms with Crippen molar-refractivity contribution in [1.82, 2.24) is 0 Å². The Balaban J connectivity index is 2.24. The first-order valence-electron chi connectivity index (χ1n) is 7.00. The summed E-state index contributed by atoms with van der Waals surface area (Å²) >= 11 is 0. The van der Waals surface area contributed by atoms with Crippen molar-refractivity contribution in [3.8, 4) is 0 Å². The summed E-state index contributed by atoms with van der Waals surface area (Å²) in [5.74, 6) is -1.56. The standard InChI is InChI=1S/C13H21BO7/c1-8(2)14-20-10(13(17)21-14)7-18-11(15)5-6-12(16)19-9(3)4/h8-10H,5-7H2,1-4H3. The molecule has 1 saturated heterocycles. The van der Waals surface area contributed by atoms with Crippen molar-refractivity contribution < 1.29 is 33.2 Å². The molecule has 1 heterocycles. The number of carbonyl (C=O) groups is 3. The first kappa shape index (κ1) is 17.5. The molecule has 1 fully saturated rings. The molecule has 1 aliphatic heterocycles. The molecule has 8 heteroatoms. The van der Waals surface area contributed by atoms with E-state index < -0.39 is 31.1 Å². The van der Waals surface area contributed by atoms with E-state index in [-0.39, 0.29) is 31.4 Å². The maximum atomic E-state index is 11.5. The van der Waals surface area contributed by atoms with Gasteiger partial charge < -0.3 is 18.8 Å². The average Bonchev–Trinajstić information content (AvgIpc) is 2.75. The van der Waals surface area contributed by atoms with Crippen LogP contribution in [0, 0.1) is 0 Å². The smallest absolute Gasteiger partial charge is 0.507 e. The average molecular weight is 300 g/mol. The fourth-order valence-corrected chi connectivity index (χ4v) is 1.60. The molecule has 1 unspecified atom stereocenters. The topological polar surface area (TPSA) is 88.1 Å². The van der Waals surface area contributed by atoms with Crippen LogP contribution in [0.5, 0.6) is 0 Å². The Morgan fingerprint density at radius 1 is 1.19 bits per heavy atom. The van der Waals surface area contributed by atoms with Gasteiger partial charge in [-0.15, -0.1) is 0 Å². The largest absolute Gasteiger partial charge is 0.530 e. The van der Waals surface area contributed by atoms with Gasteiger partial charge in [-0.1, -0.05) is 13.8 Å². The van der Waals surface area contributed by atoms with E-state index in [0.29, 0.717) is 0 Å². The number of hydrogen-bond acceptors (Lipinski definition) is 7. The third kappa shape index (κ3) is 6.16. The lowest BCUT2D eigenvalue weighted by molar-refractivity contribution is -0.154. The third-order valence-electron chi connectivity index (χ3n) is 2.63. The SMILES string of the molecule is CC(C)OC(=O)CCC(=O)OCC1OB(C(C)C)OC1=O. The second-order valence-electron chi connectivity index (χ2n) is 5.40. The number of ether oxygens (including phenoxy) is 2. The summed E-state index contributed by atoms with van der Waals surface area (Å²) in [4.78, 5) is 34.2. The van der Waals surface area contributed by atoms with Crippen LogP contribution in [0.25, 0.3) is 0 Å². The Morgan fingerprint density at radius 3 is 2.33 bits per heavy atom. The highest BCUT2D eigenvalue weighted by atomic mass is 16.7. The van der Waals surface area contributed by atoms with Crippen LogP contribution in [-0.4, -0.2) is 43.8 Å². The van der Waals surface area contributed by atoms with Gasteiger partial charge in [-0.2, -0.15) is 0 Å². The Bertz CT molecular complexity index is 394. The van der Waals surface area contributed by atoms with Crippen LogP contribution in [0.15, 0.2) is 0 Å². The normalized spacial score (nSPS) is 18.1. The second-order valence-corrected chi connectivity index (χ2v) is 5.40. The lowest BCUT2D eigenvalue weighted by Crippen LogP contribution is -2.26. The summed E-state index contributed by atoms with van der Waals surface area (Å²) < 4.78 is 20.1. The Kier molecular flexibility index (Phi) is 6.68. The summed E-state index contributed by atoms with van der Waals surface area (Å²) in [6.07, 6.45) is -1.27. The third-order valence-corrected chi connectivity index (χ3v) is 2.63. The maximum absolute atomic E-state index is 11.5. The molecule has 0 aromatic carbocycles. The van der Waals surface area contributed by atoms with Crippen LogP contribution in [0.4, 0.5) is 0 Å². The van der Waals surface area contributed by atoms with Crippen LogP contribution < -0.4 is 0 Å². The van der Waals surface area contributed by atoms with Crippen LogP contribution >= 0.6 is 0 Å². The number of hydrogen-bond donors (Lipinski definition) is 0. The van der Waals surface area contributed by atoms with Crippen molar-refractivity contribution in [2.75, 3.05) is 6.61 Å². The molecule has 0 saturated carbocycles. The minimum atomic E-state index is -0.899. The van der Waals surface area contributed by atoms with Gasteiger partial charge in [-0.25, -0.2) is 0 Å². The van der Waals surface area contributed by atoms with E-state index in [1.165, 1.54) is 0 Å². The summed E-state index contributed by atoms with van der Waals surface area (Å²) in [7, 11) is -0.609. The van der Waals surface area contributed by atoms with E-state index in [2.05, 4.69) is 0 Å². The second kappa shape index (κ2) is 8.02. The monoisotopic (exact) mass is 300 g/mol. The van der Waals surface area contributed by atoms with Crippen molar-refractivity contribution >= 4 is 25.0 Å².